The summed E-state index contributed by atoms with van der Waals surface area (Å²) in [4.78, 5) is 10.4. The van der Waals surface area contributed by atoms with E-state index in [4.69, 9.17) is 0 Å². The minimum atomic E-state index is 0.285. The van der Waals surface area contributed by atoms with Gasteiger partial charge in [-0.15, -0.1) is 0 Å². The van der Waals surface area contributed by atoms with Crippen LogP contribution in [0.15, 0.2) is 0 Å². The summed E-state index contributed by atoms with van der Waals surface area (Å²) in [6.07, 6.45) is 3.65. The maximum absolute atomic E-state index is 10.4. The smallest absolute Gasteiger partial charge is 0.123 e. The molecule has 2 heteroatoms. The second-order valence-corrected chi connectivity index (χ2v) is 4.12. The Balaban J connectivity index is 2.30. The van der Waals surface area contributed by atoms with Crippen LogP contribution in [0.25, 0.3) is 0 Å². The Morgan fingerprint density at radius 2 is 2.50 bits per heavy atom. The lowest BCUT2D eigenvalue weighted by molar-refractivity contribution is -0.111. The summed E-state index contributed by atoms with van der Waals surface area (Å²) in [5, 5.41) is 0. The van der Waals surface area contributed by atoms with Gasteiger partial charge in [0, 0.05) is 5.92 Å². The molecule has 0 aromatic heterocycles. The highest BCUT2D eigenvalue weighted by atomic mass is 32.2. The number of carbonyl (C=O) groups is 1. The van der Waals surface area contributed by atoms with E-state index in [0.717, 1.165) is 6.29 Å². The van der Waals surface area contributed by atoms with E-state index in [1.54, 1.807) is 0 Å². The van der Waals surface area contributed by atoms with Crippen LogP contribution >= 0.6 is 11.8 Å². The molecule has 1 aliphatic rings. The van der Waals surface area contributed by atoms with Crippen molar-refractivity contribution in [2.24, 2.45) is 11.8 Å². The van der Waals surface area contributed by atoms with Crippen molar-refractivity contribution < 1.29 is 4.79 Å². The molecule has 1 saturated heterocycles. The van der Waals surface area contributed by atoms with Crippen molar-refractivity contribution in [3.63, 3.8) is 0 Å². The Morgan fingerprint density at radius 3 is 3.00 bits per heavy atom. The van der Waals surface area contributed by atoms with Crippen molar-refractivity contribution in [1.82, 2.24) is 0 Å². The molecule has 0 aliphatic carbocycles. The highest BCUT2D eigenvalue weighted by Crippen LogP contribution is 2.27. The first-order chi connectivity index (χ1) is 4.84. The van der Waals surface area contributed by atoms with E-state index in [1.807, 2.05) is 18.7 Å². The third-order valence-electron chi connectivity index (χ3n) is 2.15. The van der Waals surface area contributed by atoms with Gasteiger partial charge in [-0.3, -0.25) is 0 Å². The Morgan fingerprint density at radius 1 is 1.70 bits per heavy atom. The van der Waals surface area contributed by atoms with Crippen molar-refractivity contribution in [2.45, 2.75) is 19.8 Å². The fraction of sp³-hybridized carbons (Fsp3) is 0.875. The molecule has 0 N–H and O–H groups in total. The Hall–Kier alpha value is 0.0200. The van der Waals surface area contributed by atoms with Crippen LogP contribution in [-0.2, 0) is 4.79 Å². The van der Waals surface area contributed by atoms with Gasteiger partial charge in [0.05, 0.1) is 0 Å². The van der Waals surface area contributed by atoms with Gasteiger partial charge >= 0.3 is 0 Å². The zero-order valence-electron chi connectivity index (χ0n) is 6.38. The van der Waals surface area contributed by atoms with Gasteiger partial charge in [0.1, 0.15) is 6.29 Å². The van der Waals surface area contributed by atoms with Gasteiger partial charge in [0.15, 0.2) is 0 Å². The van der Waals surface area contributed by atoms with Crippen LogP contribution in [0.3, 0.4) is 0 Å². The number of hydrogen-bond donors (Lipinski definition) is 0. The molecule has 0 aromatic carbocycles. The minimum Gasteiger partial charge on any atom is -0.303 e. The molecule has 0 spiro atoms. The highest BCUT2D eigenvalue weighted by molar-refractivity contribution is 7.99. The van der Waals surface area contributed by atoms with Crippen molar-refractivity contribution >= 4 is 18.0 Å². The second kappa shape index (κ2) is 4.02. The molecule has 0 amide bonds. The summed E-state index contributed by atoms with van der Waals surface area (Å²) in [6.45, 7) is 2.03. The third kappa shape index (κ3) is 2.01. The van der Waals surface area contributed by atoms with E-state index < -0.39 is 0 Å². The van der Waals surface area contributed by atoms with Gasteiger partial charge in [-0.1, -0.05) is 6.92 Å². The summed E-state index contributed by atoms with van der Waals surface area (Å²) in [5.74, 6) is 3.44. The predicted octanol–water partition coefficient (Wildman–Crippen LogP) is 1.96. The molecule has 2 atom stereocenters. The molecule has 1 rings (SSSR count). The fourth-order valence-electron chi connectivity index (χ4n) is 1.29. The van der Waals surface area contributed by atoms with Crippen molar-refractivity contribution in [2.75, 3.05) is 11.5 Å². The molecule has 0 aromatic rings. The first kappa shape index (κ1) is 8.12. The van der Waals surface area contributed by atoms with E-state index in [1.165, 1.54) is 24.3 Å². The molecule has 2 unspecified atom stereocenters. The Kier molecular flexibility index (Phi) is 3.26. The monoisotopic (exact) mass is 158 g/mol. The summed E-state index contributed by atoms with van der Waals surface area (Å²) >= 11 is 1.99. The molecule has 1 heterocycles. The number of aldehydes is 1. The van der Waals surface area contributed by atoms with Gasteiger partial charge < -0.3 is 4.79 Å². The first-order valence-corrected chi connectivity index (χ1v) is 5.03. The van der Waals surface area contributed by atoms with Crippen molar-refractivity contribution in [3.05, 3.63) is 0 Å². The van der Waals surface area contributed by atoms with Crippen LogP contribution in [0.2, 0.25) is 0 Å². The second-order valence-electron chi connectivity index (χ2n) is 2.97. The van der Waals surface area contributed by atoms with E-state index >= 15 is 0 Å². The van der Waals surface area contributed by atoms with Crippen LogP contribution in [0, 0.1) is 11.8 Å². The number of carbonyl (C=O) groups excluding carboxylic acids is 1. The highest BCUT2D eigenvalue weighted by Gasteiger charge is 2.19. The minimum absolute atomic E-state index is 0.285. The van der Waals surface area contributed by atoms with Gasteiger partial charge in [0.25, 0.3) is 0 Å². The molecule has 0 bridgehead atoms. The molecular formula is C8H14OS. The topological polar surface area (TPSA) is 17.1 Å². The van der Waals surface area contributed by atoms with E-state index in [9.17, 15) is 4.79 Å². The molecule has 58 valence electrons. The van der Waals surface area contributed by atoms with E-state index in [0.29, 0.717) is 5.92 Å². The number of thioether (sulfide) groups is 1. The largest absolute Gasteiger partial charge is 0.303 e. The molecule has 0 saturated carbocycles. The standard InChI is InChI=1S/C8H14OS/c1-7(5-9)8-3-2-4-10-6-8/h5,7-8H,2-4,6H2,1H3. The lowest BCUT2D eigenvalue weighted by Gasteiger charge is -2.23. The van der Waals surface area contributed by atoms with Gasteiger partial charge in [-0.2, -0.15) is 11.8 Å². The van der Waals surface area contributed by atoms with Gasteiger partial charge in [0.2, 0.25) is 0 Å². The molecule has 10 heavy (non-hydrogen) atoms. The molecule has 1 fully saturated rings. The van der Waals surface area contributed by atoms with E-state index in [-0.39, 0.29) is 5.92 Å². The quantitative estimate of drug-likeness (QED) is 0.571. The lowest BCUT2D eigenvalue weighted by Crippen LogP contribution is -2.19. The van der Waals surface area contributed by atoms with Crippen molar-refractivity contribution in [1.29, 1.82) is 0 Å². The maximum atomic E-state index is 10.4. The normalized spacial score (nSPS) is 29.5. The molecule has 0 radical (unpaired) electrons. The van der Waals surface area contributed by atoms with Crippen LogP contribution in [0.4, 0.5) is 0 Å². The molecular weight excluding hydrogens is 144 g/mol. The van der Waals surface area contributed by atoms with Crippen LogP contribution in [0.5, 0.6) is 0 Å². The Labute approximate surface area is 66.6 Å². The summed E-state index contributed by atoms with van der Waals surface area (Å²) in [7, 11) is 0. The van der Waals surface area contributed by atoms with Gasteiger partial charge in [-0.25, -0.2) is 0 Å². The third-order valence-corrected chi connectivity index (χ3v) is 3.39. The summed E-state index contributed by atoms with van der Waals surface area (Å²) in [6, 6.07) is 0. The van der Waals surface area contributed by atoms with Crippen LogP contribution in [0.1, 0.15) is 19.8 Å². The van der Waals surface area contributed by atoms with Gasteiger partial charge in [-0.05, 0) is 30.3 Å². The predicted molar refractivity (Wildman–Crippen MR) is 45.3 cm³/mol. The number of rotatable bonds is 2. The van der Waals surface area contributed by atoms with E-state index in [2.05, 4.69) is 0 Å². The molecule has 1 aliphatic heterocycles. The summed E-state index contributed by atoms with van der Waals surface area (Å²) < 4.78 is 0. The van der Waals surface area contributed by atoms with Crippen LogP contribution in [-0.4, -0.2) is 17.8 Å². The fourth-order valence-corrected chi connectivity index (χ4v) is 2.60. The zero-order chi connectivity index (χ0) is 7.40. The lowest BCUT2D eigenvalue weighted by atomic mass is 9.93. The Bertz CT molecular complexity index is 108. The van der Waals surface area contributed by atoms with Crippen LogP contribution < -0.4 is 0 Å². The summed E-state index contributed by atoms with van der Waals surface area (Å²) in [5.41, 5.74) is 0. The number of hydrogen-bond acceptors (Lipinski definition) is 2. The maximum Gasteiger partial charge on any atom is 0.123 e. The SMILES string of the molecule is CC(C=O)C1CCCSC1. The first-order valence-electron chi connectivity index (χ1n) is 3.87. The van der Waals surface area contributed by atoms with Crippen molar-refractivity contribution in [3.8, 4) is 0 Å². The molecule has 1 nitrogen and oxygen atoms in total. The zero-order valence-corrected chi connectivity index (χ0v) is 7.19. The average Bonchev–Trinajstić information content (AvgIpc) is 2.05. The average molecular weight is 158 g/mol.